The summed E-state index contributed by atoms with van der Waals surface area (Å²) in [6.45, 7) is 1.93. The van der Waals surface area contributed by atoms with Crippen LogP contribution in [0.1, 0.15) is 25.7 Å². The molecule has 0 radical (unpaired) electrons. The number of nitrogens with two attached hydrogens (primary N) is 1. The Morgan fingerprint density at radius 3 is 2.94 bits per heavy atom. The molecular formula is C11H13N3O2. The lowest BCUT2D eigenvalue weighted by Crippen LogP contribution is -2.35. The topological polar surface area (TPSA) is 78.1 Å². The summed E-state index contributed by atoms with van der Waals surface area (Å²) in [6, 6.07) is 3.58. The summed E-state index contributed by atoms with van der Waals surface area (Å²) >= 11 is 0. The molecule has 1 fully saturated rings. The van der Waals surface area contributed by atoms with Gasteiger partial charge in [0, 0.05) is 0 Å². The summed E-state index contributed by atoms with van der Waals surface area (Å²) in [5, 5.41) is 3.88. The van der Waals surface area contributed by atoms with E-state index < -0.39 is 5.54 Å². The summed E-state index contributed by atoms with van der Waals surface area (Å²) in [5.41, 5.74) is 5.67. The Labute approximate surface area is 92.6 Å². The van der Waals surface area contributed by atoms with Crippen molar-refractivity contribution in [2.45, 2.75) is 25.3 Å². The number of furan rings is 1. The van der Waals surface area contributed by atoms with Gasteiger partial charge in [-0.05, 0) is 37.8 Å². The maximum absolute atomic E-state index is 6.18. The fourth-order valence-electron chi connectivity index (χ4n) is 1.81. The highest BCUT2D eigenvalue weighted by Crippen LogP contribution is 2.43. The van der Waals surface area contributed by atoms with E-state index in [1.807, 2.05) is 6.92 Å². The summed E-state index contributed by atoms with van der Waals surface area (Å²) in [6.07, 6.45) is 3.84. The molecule has 1 saturated carbocycles. The molecule has 0 amide bonds. The van der Waals surface area contributed by atoms with Crippen molar-refractivity contribution in [1.82, 2.24) is 10.1 Å². The third-order valence-corrected chi connectivity index (χ3v) is 3.05. The van der Waals surface area contributed by atoms with E-state index in [0.29, 0.717) is 23.4 Å². The fourth-order valence-corrected chi connectivity index (χ4v) is 1.81. The van der Waals surface area contributed by atoms with Gasteiger partial charge in [0.2, 0.25) is 11.7 Å². The van der Waals surface area contributed by atoms with Crippen LogP contribution in [0.5, 0.6) is 0 Å². The average molecular weight is 219 g/mol. The van der Waals surface area contributed by atoms with E-state index in [9.17, 15) is 0 Å². The number of hydrogen-bond donors (Lipinski definition) is 1. The van der Waals surface area contributed by atoms with Crippen molar-refractivity contribution in [3.05, 3.63) is 24.3 Å². The molecule has 2 N–H and O–H groups in total. The molecule has 5 heteroatoms. The van der Waals surface area contributed by atoms with Gasteiger partial charge in [0.1, 0.15) is 0 Å². The summed E-state index contributed by atoms with van der Waals surface area (Å²) in [7, 11) is 0. The zero-order chi connectivity index (χ0) is 11.2. The van der Waals surface area contributed by atoms with Gasteiger partial charge in [0.05, 0.1) is 11.8 Å². The molecule has 84 valence electrons. The zero-order valence-corrected chi connectivity index (χ0v) is 9.01. The molecular weight excluding hydrogens is 206 g/mol. The van der Waals surface area contributed by atoms with Crippen molar-refractivity contribution in [2.75, 3.05) is 0 Å². The summed E-state index contributed by atoms with van der Waals surface area (Å²) in [4.78, 5) is 4.29. The van der Waals surface area contributed by atoms with Gasteiger partial charge in [-0.1, -0.05) is 5.16 Å². The number of nitrogens with zero attached hydrogens (tertiary/aromatic N) is 2. The second-order valence-electron chi connectivity index (χ2n) is 4.46. The molecule has 16 heavy (non-hydrogen) atoms. The first-order chi connectivity index (χ1) is 7.68. The van der Waals surface area contributed by atoms with Crippen LogP contribution in [-0.4, -0.2) is 10.1 Å². The third-order valence-electron chi connectivity index (χ3n) is 3.05. The van der Waals surface area contributed by atoms with Crippen molar-refractivity contribution in [1.29, 1.82) is 0 Å². The van der Waals surface area contributed by atoms with Crippen molar-refractivity contribution in [2.24, 2.45) is 11.7 Å². The predicted molar refractivity (Wildman–Crippen MR) is 56.3 cm³/mol. The lowest BCUT2D eigenvalue weighted by molar-refractivity contribution is 0.273. The molecule has 1 atom stereocenters. The molecule has 3 rings (SSSR count). The second kappa shape index (κ2) is 3.18. The van der Waals surface area contributed by atoms with Gasteiger partial charge < -0.3 is 14.7 Å². The van der Waals surface area contributed by atoms with E-state index in [4.69, 9.17) is 14.7 Å². The highest BCUT2D eigenvalue weighted by atomic mass is 16.5. The van der Waals surface area contributed by atoms with Crippen LogP contribution in [0, 0.1) is 5.92 Å². The van der Waals surface area contributed by atoms with Crippen LogP contribution in [0.25, 0.3) is 11.6 Å². The van der Waals surface area contributed by atoms with Gasteiger partial charge in [-0.15, -0.1) is 0 Å². The summed E-state index contributed by atoms with van der Waals surface area (Å²) in [5.74, 6) is 2.00. The highest BCUT2D eigenvalue weighted by molar-refractivity contribution is 5.45. The van der Waals surface area contributed by atoms with Gasteiger partial charge in [0.25, 0.3) is 0 Å². The van der Waals surface area contributed by atoms with Crippen LogP contribution in [0.4, 0.5) is 0 Å². The van der Waals surface area contributed by atoms with Crippen LogP contribution in [0.3, 0.4) is 0 Å². The molecule has 2 aromatic rings. The van der Waals surface area contributed by atoms with E-state index in [2.05, 4.69) is 10.1 Å². The van der Waals surface area contributed by atoms with Gasteiger partial charge in [-0.25, -0.2) is 0 Å². The van der Waals surface area contributed by atoms with Gasteiger partial charge in [0.15, 0.2) is 5.76 Å². The van der Waals surface area contributed by atoms with Gasteiger partial charge >= 0.3 is 0 Å². The van der Waals surface area contributed by atoms with E-state index in [1.54, 1.807) is 18.4 Å². The quantitative estimate of drug-likeness (QED) is 0.853. The van der Waals surface area contributed by atoms with E-state index in [1.165, 1.54) is 0 Å². The number of hydrogen-bond acceptors (Lipinski definition) is 5. The number of aromatic nitrogens is 2. The molecule has 0 aliphatic heterocycles. The minimum atomic E-state index is -0.516. The lowest BCUT2D eigenvalue weighted by atomic mass is 9.97. The van der Waals surface area contributed by atoms with Crippen LogP contribution >= 0.6 is 0 Å². The fraction of sp³-hybridized carbons (Fsp3) is 0.455. The Morgan fingerprint density at radius 1 is 1.50 bits per heavy atom. The minimum absolute atomic E-state index is 0.456. The SMILES string of the molecule is CC(N)(c1nc(-c2ccco2)no1)C1CC1. The molecule has 0 saturated heterocycles. The van der Waals surface area contributed by atoms with Crippen molar-refractivity contribution in [3.63, 3.8) is 0 Å². The molecule has 1 aliphatic rings. The lowest BCUT2D eigenvalue weighted by Gasteiger charge is -2.18. The molecule has 0 spiro atoms. The Morgan fingerprint density at radius 2 is 2.31 bits per heavy atom. The second-order valence-corrected chi connectivity index (χ2v) is 4.46. The van der Waals surface area contributed by atoms with Crippen LogP contribution in [0.2, 0.25) is 0 Å². The molecule has 1 aliphatic carbocycles. The zero-order valence-electron chi connectivity index (χ0n) is 9.01. The molecule has 1 unspecified atom stereocenters. The first kappa shape index (κ1) is 9.59. The van der Waals surface area contributed by atoms with E-state index >= 15 is 0 Å². The Bertz CT molecular complexity index is 483. The van der Waals surface area contributed by atoms with E-state index in [-0.39, 0.29) is 0 Å². The van der Waals surface area contributed by atoms with Crippen LogP contribution in [0.15, 0.2) is 27.3 Å². The molecule has 5 nitrogen and oxygen atoms in total. The molecule has 2 heterocycles. The largest absolute Gasteiger partial charge is 0.461 e. The number of rotatable bonds is 3. The average Bonchev–Trinajstić information content (AvgIpc) is 2.82. The normalized spacial score (nSPS) is 19.6. The van der Waals surface area contributed by atoms with Gasteiger partial charge in [-0.2, -0.15) is 4.98 Å². The highest BCUT2D eigenvalue weighted by Gasteiger charge is 2.44. The van der Waals surface area contributed by atoms with Crippen molar-refractivity contribution in [3.8, 4) is 11.6 Å². The molecule has 2 aromatic heterocycles. The smallest absolute Gasteiger partial charge is 0.247 e. The Hall–Kier alpha value is -1.62. The van der Waals surface area contributed by atoms with Crippen LogP contribution in [-0.2, 0) is 5.54 Å². The predicted octanol–water partition coefficient (Wildman–Crippen LogP) is 1.91. The first-order valence-electron chi connectivity index (χ1n) is 5.35. The maximum Gasteiger partial charge on any atom is 0.247 e. The third kappa shape index (κ3) is 1.44. The van der Waals surface area contributed by atoms with Crippen molar-refractivity contribution < 1.29 is 8.94 Å². The van der Waals surface area contributed by atoms with Gasteiger partial charge in [-0.3, -0.25) is 0 Å². The van der Waals surface area contributed by atoms with Crippen molar-refractivity contribution >= 4 is 0 Å². The Balaban J connectivity index is 1.93. The molecule has 0 aromatic carbocycles. The molecule has 0 bridgehead atoms. The summed E-state index contributed by atoms with van der Waals surface area (Å²) < 4.78 is 10.4. The minimum Gasteiger partial charge on any atom is -0.461 e. The first-order valence-corrected chi connectivity index (χ1v) is 5.35. The van der Waals surface area contributed by atoms with Crippen LogP contribution < -0.4 is 5.73 Å². The maximum atomic E-state index is 6.18. The Kier molecular flexibility index (Phi) is 1.91. The standard InChI is InChI=1S/C11H13N3O2/c1-11(12,7-4-5-7)10-13-9(14-16-10)8-3-2-6-15-8/h2-3,6-7H,4-5,12H2,1H3. The van der Waals surface area contributed by atoms with E-state index in [0.717, 1.165) is 12.8 Å². The monoisotopic (exact) mass is 219 g/mol.